The highest BCUT2D eigenvalue weighted by molar-refractivity contribution is 6.04. The molecule has 13 heteroatoms. The summed E-state index contributed by atoms with van der Waals surface area (Å²) in [6.07, 6.45) is -1.96. The number of primary amides is 2. The maximum absolute atomic E-state index is 12.7. The maximum atomic E-state index is 12.7. The fourth-order valence-corrected chi connectivity index (χ4v) is 3.95. The Labute approximate surface area is 174 Å². The van der Waals surface area contributed by atoms with Gasteiger partial charge in [-0.1, -0.05) is 0 Å². The van der Waals surface area contributed by atoms with Crippen LogP contribution in [0.2, 0.25) is 0 Å². The average Bonchev–Trinajstić information content (AvgIpc) is 3.04. The van der Waals surface area contributed by atoms with Gasteiger partial charge in [0.05, 0.1) is 6.04 Å². The van der Waals surface area contributed by atoms with Crippen LogP contribution in [0.1, 0.15) is 10.4 Å². The van der Waals surface area contributed by atoms with E-state index in [1.54, 1.807) is 0 Å². The van der Waals surface area contributed by atoms with Crippen LogP contribution in [-0.4, -0.2) is 76.3 Å². The van der Waals surface area contributed by atoms with Crippen LogP contribution in [0.3, 0.4) is 0 Å². The highest BCUT2D eigenvalue weighted by Crippen LogP contribution is 2.45. The number of nitrogens with one attached hydrogen (secondary N) is 1. The summed E-state index contributed by atoms with van der Waals surface area (Å²) < 4.78 is 10.4. The highest BCUT2D eigenvalue weighted by atomic mass is 16.6. The zero-order valence-electron chi connectivity index (χ0n) is 15.8. The second-order valence-electron chi connectivity index (χ2n) is 6.99. The van der Waals surface area contributed by atoms with Gasteiger partial charge >= 0.3 is 18.1 Å². The van der Waals surface area contributed by atoms with Crippen molar-refractivity contribution >= 4 is 35.6 Å². The van der Waals surface area contributed by atoms with Crippen molar-refractivity contribution in [2.45, 2.75) is 18.2 Å². The molecular formula is C18H17N5O8. The molecule has 31 heavy (non-hydrogen) atoms. The van der Waals surface area contributed by atoms with Gasteiger partial charge in [-0.2, -0.15) is 0 Å². The topological polar surface area (TPSA) is 195 Å². The average molecular weight is 431 g/mol. The third-order valence-electron chi connectivity index (χ3n) is 5.29. The molecule has 3 heterocycles. The zero-order valence-corrected chi connectivity index (χ0v) is 15.8. The molecule has 1 unspecified atom stereocenters. The van der Waals surface area contributed by atoms with Crippen molar-refractivity contribution in [3.05, 3.63) is 41.1 Å². The number of β-lactam (4-membered cyclic amide) rings is 1. The Bertz CT molecular complexity index is 1040. The Morgan fingerprint density at radius 2 is 1.87 bits per heavy atom. The Kier molecular flexibility index (Phi) is 4.74. The first-order valence-corrected chi connectivity index (χ1v) is 9.01. The first-order chi connectivity index (χ1) is 14.7. The van der Waals surface area contributed by atoms with E-state index in [1.807, 2.05) is 0 Å². The van der Waals surface area contributed by atoms with Crippen molar-refractivity contribution in [3.8, 4) is 0 Å². The lowest BCUT2D eigenvalue weighted by Crippen LogP contribution is -2.75. The molecule has 0 aliphatic carbocycles. The number of amides is 5. The zero-order chi connectivity index (χ0) is 22.4. The van der Waals surface area contributed by atoms with E-state index in [1.165, 1.54) is 24.3 Å². The summed E-state index contributed by atoms with van der Waals surface area (Å²) in [6.45, 7) is -0.753. The van der Waals surface area contributed by atoms with Gasteiger partial charge in [-0.3, -0.25) is 19.4 Å². The van der Waals surface area contributed by atoms with E-state index >= 15 is 0 Å². The molecule has 1 aromatic carbocycles. The molecule has 0 bridgehead atoms. The van der Waals surface area contributed by atoms with Gasteiger partial charge in [-0.05, 0) is 24.3 Å². The first kappa shape index (κ1) is 20.2. The van der Waals surface area contributed by atoms with Crippen LogP contribution < -0.4 is 16.8 Å². The molecule has 162 valence electrons. The van der Waals surface area contributed by atoms with Crippen molar-refractivity contribution in [2.75, 3.05) is 18.7 Å². The second-order valence-corrected chi connectivity index (χ2v) is 6.99. The molecule has 4 rings (SSSR count). The molecule has 2 saturated heterocycles. The minimum Gasteiger partial charge on any atom is -0.477 e. The number of hydrogen-bond acceptors (Lipinski definition) is 7. The number of ether oxygens (including phenoxy) is 2. The Morgan fingerprint density at radius 1 is 1.19 bits per heavy atom. The third-order valence-corrected chi connectivity index (χ3v) is 5.29. The molecule has 0 saturated carbocycles. The van der Waals surface area contributed by atoms with Crippen LogP contribution in [-0.2, 0) is 19.1 Å². The first-order valence-electron chi connectivity index (χ1n) is 9.01. The SMILES string of the molecule is NC(=O)OCC1=C(C(=O)O)N2C(=O)[C@@H]3[C@H]2C1OCN3C(=O)Nc1ccc(C(N)=O)cc1. The number of anilines is 1. The Balaban J connectivity index is 1.52. The van der Waals surface area contributed by atoms with Gasteiger partial charge in [-0.25, -0.2) is 14.4 Å². The van der Waals surface area contributed by atoms with Crippen LogP contribution in [0.4, 0.5) is 15.3 Å². The number of rotatable bonds is 5. The van der Waals surface area contributed by atoms with Gasteiger partial charge in [0, 0.05) is 16.8 Å². The van der Waals surface area contributed by atoms with Gasteiger partial charge in [-0.15, -0.1) is 0 Å². The summed E-state index contributed by atoms with van der Waals surface area (Å²) in [6, 6.07) is 3.44. The molecule has 1 aromatic rings. The van der Waals surface area contributed by atoms with Crippen molar-refractivity contribution < 1.29 is 38.6 Å². The van der Waals surface area contributed by atoms with E-state index in [0.29, 0.717) is 5.69 Å². The minimum absolute atomic E-state index is 0.0919. The van der Waals surface area contributed by atoms with Gasteiger partial charge in [0.1, 0.15) is 31.2 Å². The van der Waals surface area contributed by atoms with Crippen molar-refractivity contribution in [1.29, 1.82) is 0 Å². The quantitative estimate of drug-likeness (QED) is 0.426. The van der Waals surface area contributed by atoms with E-state index in [4.69, 9.17) is 20.9 Å². The number of nitrogens with zero attached hydrogens (tertiary/aromatic N) is 2. The van der Waals surface area contributed by atoms with Crippen molar-refractivity contribution in [2.24, 2.45) is 11.5 Å². The summed E-state index contributed by atoms with van der Waals surface area (Å²) >= 11 is 0. The molecule has 3 atom stereocenters. The van der Waals surface area contributed by atoms with E-state index < -0.39 is 54.7 Å². The monoisotopic (exact) mass is 431 g/mol. The molecular weight excluding hydrogens is 414 g/mol. The van der Waals surface area contributed by atoms with Crippen LogP contribution in [0.5, 0.6) is 0 Å². The van der Waals surface area contributed by atoms with Gasteiger partial charge in [0.15, 0.2) is 0 Å². The summed E-state index contributed by atoms with van der Waals surface area (Å²) in [5, 5.41) is 12.1. The number of aliphatic carboxylic acids is 1. The van der Waals surface area contributed by atoms with Crippen LogP contribution in [0.25, 0.3) is 0 Å². The highest BCUT2D eigenvalue weighted by Gasteiger charge is 2.65. The van der Waals surface area contributed by atoms with Crippen molar-refractivity contribution in [3.63, 3.8) is 0 Å². The lowest BCUT2D eigenvalue weighted by molar-refractivity contribution is -0.179. The number of benzene rings is 1. The molecule has 0 aromatic heterocycles. The van der Waals surface area contributed by atoms with E-state index in [9.17, 15) is 29.1 Å². The normalized spacial score (nSPS) is 23.7. The molecule has 5 amide bonds. The number of carboxylic acids is 1. The van der Waals surface area contributed by atoms with Crippen LogP contribution >= 0.6 is 0 Å². The number of nitrogens with two attached hydrogens (primary N) is 2. The number of carbonyl (C=O) groups excluding carboxylic acids is 4. The Morgan fingerprint density at radius 3 is 2.45 bits per heavy atom. The molecule has 3 aliphatic heterocycles. The van der Waals surface area contributed by atoms with Gasteiger partial charge in [0.25, 0.3) is 5.91 Å². The Hall–Kier alpha value is -4.13. The molecule has 6 N–H and O–H groups in total. The predicted molar refractivity (Wildman–Crippen MR) is 100 cm³/mol. The largest absolute Gasteiger partial charge is 0.477 e. The summed E-state index contributed by atoms with van der Waals surface area (Å²) in [5.41, 5.74) is 10.5. The molecule has 0 spiro atoms. The number of hydrogen-bond donors (Lipinski definition) is 4. The van der Waals surface area contributed by atoms with E-state index in [0.717, 1.165) is 9.80 Å². The lowest BCUT2D eigenvalue weighted by Gasteiger charge is -2.52. The fourth-order valence-electron chi connectivity index (χ4n) is 3.95. The molecule has 13 nitrogen and oxygen atoms in total. The number of carboxylic acid groups (broad SMARTS) is 1. The number of urea groups is 1. The summed E-state index contributed by atoms with van der Waals surface area (Å²) in [7, 11) is 0. The predicted octanol–water partition coefficient (Wildman–Crippen LogP) is -0.997. The molecule has 2 fully saturated rings. The minimum atomic E-state index is -1.39. The standard InChI is InChI=1S/C18H17N5O8/c19-14(24)7-1-3-8(4-2-7)21-18(29)22-6-31-13-9(5-30-17(20)28)10(16(26)27)23-11(13)12(22)15(23)25/h1-4,11-13H,5-6H2,(H2,19,24)(H2,20,28)(H,21,29)(H,26,27)/t11-,12-,13?/m0/s1. The van der Waals surface area contributed by atoms with Gasteiger partial charge < -0.3 is 31.4 Å². The van der Waals surface area contributed by atoms with Gasteiger partial charge in [0.2, 0.25) is 5.91 Å². The molecule has 0 radical (unpaired) electrons. The lowest BCUT2D eigenvalue weighted by atomic mass is 9.89. The van der Waals surface area contributed by atoms with Crippen LogP contribution in [0, 0.1) is 0 Å². The summed E-state index contributed by atoms with van der Waals surface area (Å²) in [5.74, 6) is -2.60. The fraction of sp³-hybridized carbons (Fsp3) is 0.278. The number of carbonyl (C=O) groups is 5. The third kappa shape index (κ3) is 3.20. The smallest absolute Gasteiger partial charge is 0.404 e. The summed E-state index contributed by atoms with van der Waals surface area (Å²) in [4.78, 5) is 61.4. The molecule has 3 aliphatic rings. The van der Waals surface area contributed by atoms with E-state index in [2.05, 4.69) is 5.32 Å². The maximum Gasteiger partial charge on any atom is 0.404 e. The van der Waals surface area contributed by atoms with E-state index in [-0.39, 0.29) is 23.6 Å². The van der Waals surface area contributed by atoms with Crippen LogP contribution in [0.15, 0.2) is 35.5 Å². The van der Waals surface area contributed by atoms with Crippen molar-refractivity contribution in [1.82, 2.24) is 9.80 Å². The second kappa shape index (κ2) is 7.28.